The van der Waals surface area contributed by atoms with Crippen LogP contribution in [0.1, 0.15) is 48.7 Å². The Hall–Kier alpha value is -3.09. The maximum atomic E-state index is 13.1. The second-order valence-corrected chi connectivity index (χ2v) is 7.67. The van der Waals surface area contributed by atoms with Crippen LogP contribution in [0.3, 0.4) is 0 Å². The molecule has 2 aromatic rings. The van der Waals surface area contributed by atoms with E-state index < -0.39 is 0 Å². The molecule has 3 rings (SSSR count). The molecule has 0 aromatic heterocycles. The van der Waals surface area contributed by atoms with Crippen LogP contribution < -0.4 is 14.8 Å². The summed E-state index contributed by atoms with van der Waals surface area (Å²) in [6.45, 7) is 5.30. The molecule has 1 N–H and O–H groups in total. The van der Waals surface area contributed by atoms with Gasteiger partial charge in [0.1, 0.15) is 5.82 Å². The van der Waals surface area contributed by atoms with Gasteiger partial charge in [0.15, 0.2) is 11.5 Å². The number of benzene rings is 2. The van der Waals surface area contributed by atoms with Gasteiger partial charge in [0, 0.05) is 18.7 Å². The molecule has 1 aliphatic heterocycles. The van der Waals surface area contributed by atoms with Crippen molar-refractivity contribution < 1.29 is 23.5 Å². The Labute approximate surface area is 182 Å². The number of hydrogen-bond acceptors (Lipinski definition) is 4. The van der Waals surface area contributed by atoms with Crippen molar-refractivity contribution >= 4 is 11.8 Å². The van der Waals surface area contributed by atoms with E-state index in [4.69, 9.17) is 9.47 Å². The highest BCUT2D eigenvalue weighted by molar-refractivity contribution is 5.94. The number of ether oxygens (including phenoxy) is 2. The van der Waals surface area contributed by atoms with E-state index in [1.165, 1.54) is 24.3 Å². The molecule has 6 nitrogen and oxygen atoms in total. The number of piperidine rings is 1. The van der Waals surface area contributed by atoms with Crippen molar-refractivity contribution in [2.24, 2.45) is 5.92 Å². The predicted octanol–water partition coefficient (Wildman–Crippen LogP) is 3.96. The third-order valence-corrected chi connectivity index (χ3v) is 5.52. The number of carbonyl (C=O) groups excluding carboxylic acids is 2. The van der Waals surface area contributed by atoms with Crippen molar-refractivity contribution in [2.75, 3.05) is 26.8 Å². The molecule has 1 fully saturated rings. The Morgan fingerprint density at radius 3 is 2.61 bits per heavy atom. The molecule has 1 aliphatic rings. The van der Waals surface area contributed by atoms with Gasteiger partial charge in [-0.1, -0.05) is 6.07 Å². The zero-order chi connectivity index (χ0) is 22.4. The molecule has 0 saturated carbocycles. The summed E-state index contributed by atoms with van der Waals surface area (Å²) >= 11 is 0. The molecule has 2 unspecified atom stereocenters. The van der Waals surface area contributed by atoms with Gasteiger partial charge in [0.2, 0.25) is 5.91 Å². The molecular formula is C24H29FN2O4. The first-order valence-electron chi connectivity index (χ1n) is 10.6. The highest BCUT2D eigenvalue weighted by Crippen LogP contribution is 2.30. The first kappa shape index (κ1) is 22.6. The van der Waals surface area contributed by atoms with Crippen LogP contribution >= 0.6 is 0 Å². The number of nitrogens with one attached hydrogen (secondary N) is 1. The number of methoxy groups -OCH3 is 1. The number of amides is 2. The predicted molar refractivity (Wildman–Crippen MR) is 116 cm³/mol. The summed E-state index contributed by atoms with van der Waals surface area (Å²) in [6.07, 6.45) is 1.47. The lowest BCUT2D eigenvalue weighted by Crippen LogP contribution is -2.45. The average Bonchev–Trinajstić information content (AvgIpc) is 2.79. The lowest BCUT2D eigenvalue weighted by atomic mass is 9.95. The molecule has 0 aliphatic carbocycles. The molecule has 2 aromatic carbocycles. The maximum Gasteiger partial charge on any atom is 0.253 e. The number of carbonyl (C=O) groups is 2. The zero-order valence-electron chi connectivity index (χ0n) is 18.2. The minimum atomic E-state index is -0.382. The molecule has 0 bridgehead atoms. The summed E-state index contributed by atoms with van der Waals surface area (Å²) < 4.78 is 24.1. The SMILES string of the molecule is CCOc1ccc(C(C)NC(=O)C2CCCN(C(=O)c3ccc(F)cc3)C2)cc1OC. The summed E-state index contributed by atoms with van der Waals surface area (Å²) in [6, 6.07) is 10.9. The van der Waals surface area contributed by atoms with Crippen LogP contribution in [0.2, 0.25) is 0 Å². The Kier molecular flexibility index (Phi) is 7.50. The third-order valence-electron chi connectivity index (χ3n) is 5.52. The van der Waals surface area contributed by atoms with E-state index in [0.717, 1.165) is 18.4 Å². The first-order chi connectivity index (χ1) is 14.9. The third kappa shape index (κ3) is 5.54. The molecule has 2 amide bonds. The van der Waals surface area contributed by atoms with Crippen molar-refractivity contribution in [2.45, 2.75) is 32.7 Å². The van der Waals surface area contributed by atoms with E-state index in [-0.39, 0.29) is 29.6 Å². The van der Waals surface area contributed by atoms with Crippen LogP contribution in [0.15, 0.2) is 42.5 Å². The Morgan fingerprint density at radius 1 is 1.19 bits per heavy atom. The largest absolute Gasteiger partial charge is 0.493 e. The Balaban J connectivity index is 1.63. The van der Waals surface area contributed by atoms with Gasteiger partial charge in [-0.15, -0.1) is 0 Å². The van der Waals surface area contributed by atoms with Gasteiger partial charge < -0.3 is 19.7 Å². The van der Waals surface area contributed by atoms with E-state index in [1.807, 2.05) is 32.0 Å². The number of hydrogen-bond donors (Lipinski definition) is 1. The quantitative estimate of drug-likeness (QED) is 0.725. The fourth-order valence-corrected chi connectivity index (χ4v) is 3.79. The molecule has 0 spiro atoms. The summed E-state index contributed by atoms with van der Waals surface area (Å²) in [5.74, 6) is 0.347. The highest BCUT2D eigenvalue weighted by Gasteiger charge is 2.29. The average molecular weight is 429 g/mol. The van der Waals surface area contributed by atoms with Crippen LogP contribution in [-0.4, -0.2) is 43.5 Å². The van der Waals surface area contributed by atoms with Gasteiger partial charge in [-0.05, 0) is 68.7 Å². The normalized spacial score (nSPS) is 17.0. The standard InChI is InChI=1S/C24H29FN2O4/c1-4-31-21-12-9-18(14-22(21)30-3)16(2)26-23(28)19-6-5-13-27(15-19)24(29)17-7-10-20(25)11-8-17/h7-12,14,16,19H,4-6,13,15H2,1-3H3,(H,26,28). The van der Waals surface area contributed by atoms with E-state index in [2.05, 4.69) is 5.32 Å². The van der Waals surface area contributed by atoms with E-state index in [9.17, 15) is 14.0 Å². The minimum absolute atomic E-state index is 0.0862. The van der Waals surface area contributed by atoms with E-state index in [1.54, 1.807) is 12.0 Å². The fourth-order valence-electron chi connectivity index (χ4n) is 3.79. The highest BCUT2D eigenvalue weighted by atomic mass is 19.1. The molecule has 1 saturated heterocycles. The number of likely N-dealkylation sites (tertiary alicyclic amines) is 1. The van der Waals surface area contributed by atoms with Crippen LogP contribution in [0, 0.1) is 11.7 Å². The minimum Gasteiger partial charge on any atom is -0.493 e. The number of rotatable bonds is 7. The summed E-state index contributed by atoms with van der Waals surface area (Å²) in [5, 5.41) is 3.05. The second-order valence-electron chi connectivity index (χ2n) is 7.67. The number of nitrogens with zero attached hydrogens (tertiary/aromatic N) is 1. The Morgan fingerprint density at radius 2 is 1.94 bits per heavy atom. The topological polar surface area (TPSA) is 67.9 Å². The van der Waals surface area contributed by atoms with Crippen LogP contribution in [0.5, 0.6) is 11.5 Å². The van der Waals surface area contributed by atoms with Crippen molar-refractivity contribution in [3.8, 4) is 11.5 Å². The van der Waals surface area contributed by atoms with Gasteiger partial charge >= 0.3 is 0 Å². The van der Waals surface area contributed by atoms with Crippen LogP contribution in [0.4, 0.5) is 4.39 Å². The van der Waals surface area contributed by atoms with Gasteiger partial charge in [-0.25, -0.2) is 4.39 Å². The van der Waals surface area contributed by atoms with Gasteiger partial charge in [0.05, 0.1) is 25.7 Å². The molecule has 166 valence electrons. The summed E-state index contributed by atoms with van der Waals surface area (Å²) in [4.78, 5) is 27.3. The van der Waals surface area contributed by atoms with Crippen molar-refractivity contribution in [1.29, 1.82) is 0 Å². The Bertz CT molecular complexity index is 916. The molecular weight excluding hydrogens is 399 g/mol. The van der Waals surface area contributed by atoms with Gasteiger partial charge in [-0.3, -0.25) is 9.59 Å². The van der Waals surface area contributed by atoms with Crippen molar-refractivity contribution in [3.05, 3.63) is 59.4 Å². The second kappa shape index (κ2) is 10.3. The molecule has 1 heterocycles. The van der Waals surface area contributed by atoms with Crippen LogP contribution in [0.25, 0.3) is 0 Å². The van der Waals surface area contributed by atoms with Gasteiger partial charge in [0.25, 0.3) is 5.91 Å². The lowest BCUT2D eigenvalue weighted by Gasteiger charge is -2.32. The molecule has 0 radical (unpaired) electrons. The maximum absolute atomic E-state index is 13.1. The van der Waals surface area contributed by atoms with Gasteiger partial charge in [-0.2, -0.15) is 0 Å². The summed E-state index contributed by atoms with van der Waals surface area (Å²) in [7, 11) is 1.58. The summed E-state index contributed by atoms with van der Waals surface area (Å²) in [5.41, 5.74) is 1.33. The fraction of sp³-hybridized carbons (Fsp3) is 0.417. The van der Waals surface area contributed by atoms with Crippen LogP contribution in [-0.2, 0) is 4.79 Å². The monoisotopic (exact) mass is 428 g/mol. The zero-order valence-corrected chi connectivity index (χ0v) is 18.2. The molecule has 31 heavy (non-hydrogen) atoms. The van der Waals surface area contributed by atoms with Crippen molar-refractivity contribution in [1.82, 2.24) is 10.2 Å². The van der Waals surface area contributed by atoms with E-state index >= 15 is 0 Å². The number of halogens is 1. The first-order valence-corrected chi connectivity index (χ1v) is 10.6. The smallest absolute Gasteiger partial charge is 0.253 e. The lowest BCUT2D eigenvalue weighted by molar-refractivity contribution is -0.127. The molecule has 2 atom stereocenters. The van der Waals surface area contributed by atoms with E-state index in [0.29, 0.717) is 36.8 Å². The molecule has 7 heteroatoms. The van der Waals surface area contributed by atoms with Crippen molar-refractivity contribution in [3.63, 3.8) is 0 Å².